The molecule has 0 saturated heterocycles. The first kappa shape index (κ1) is 11.6. The van der Waals surface area contributed by atoms with Gasteiger partial charge in [0.05, 0.1) is 6.61 Å². The molecule has 2 aliphatic carbocycles. The molecule has 4 atom stereocenters. The fourth-order valence-corrected chi connectivity index (χ4v) is 3.24. The lowest BCUT2D eigenvalue weighted by Crippen LogP contribution is -2.28. The Labute approximate surface area is 95.3 Å². The molecule has 0 radical (unpaired) electrons. The minimum absolute atomic E-state index is 0.0550. The van der Waals surface area contributed by atoms with Crippen molar-refractivity contribution in [3.63, 3.8) is 0 Å². The van der Waals surface area contributed by atoms with Gasteiger partial charge in [-0.05, 0) is 18.3 Å². The van der Waals surface area contributed by atoms with Crippen LogP contribution in [0.2, 0.25) is 0 Å². The molecule has 0 heterocycles. The molecule has 16 heavy (non-hydrogen) atoms. The molecule has 90 valence electrons. The molecule has 0 amide bonds. The summed E-state index contributed by atoms with van der Waals surface area (Å²) in [6.07, 6.45) is 2.06. The molecule has 0 unspecified atom stereocenters. The normalized spacial score (nSPS) is 37.5. The maximum absolute atomic E-state index is 11.4. The molecule has 2 aliphatic rings. The Morgan fingerprint density at radius 3 is 2.81 bits per heavy atom. The number of ether oxygens (including phenoxy) is 2. The van der Waals surface area contributed by atoms with Crippen molar-refractivity contribution >= 4 is 11.8 Å². The second kappa shape index (κ2) is 4.53. The number of carbonyl (C=O) groups excluding carboxylic acids is 2. The summed E-state index contributed by atoms with van der Waals surface area (Å²) in [6, 6.07) is 0. The van der Waals surface area contributed by atoms with Crippen molar-refractivity contribution in [3.05, 3.63) is 0 Å². The molecule has 2 rings (SSSR count). The maximum atomic E-state index is 11.4. The lowest BCUT2D eigenvalue weighted by molar-refractivity contribution is -0.149. The monoisotopic (exact) mass is 226 g/mol. The van der Waals surface area contributed by atoms with E-state index in [0.29, 0.717) is 37.1 Å². The zero-order valence-corrected chi connectivity index (χ0v) is 9.77. The summed E-state index contributed by atoms with van der Waals surface area (Å²) < 4.78 is 10.5. The molecule has 4 nitrogen and oxygen atoms in total. The van der Waals surface area contributed by atoms with Gasteiger partial charge in [-0.1, -0.05) is 0 Å². The van der Waals surface area contributed by atoms with E-state index < -0.39 is 0 Å². The van der Waals surface area contributed by atoms with Crippen LogP contribution in [-0.2, 0) is 19.1 Å². The van der Waals surface area contributed by atoms with Crippen LogP contribution >= 0.6 is 0 Å². The fourth-order valence-electron chi connectivity index (χ4n) is 3.24. The summed E-state index contributed by atoms with van der Waals surface area (Å²) in [4.78, 5) is 22.4. The molecule has 0 spiro atoms. The Morgan fingerprint density at radius 1 is 1.44 bits per heavy atom. The van der Waals surface area contributed by atoms with Crippen molar-refractivity contribution < 1.29 is 19.1 Å². The second-order valence-corrected chi connectivity index (χ2v) is 4.87. The van der Waals surface area contributed by atoms with E-state index >= 15 is 0 Å². The summed E-state index contributed by atoms with van der Waals surface area (Å²) in [5.41, 5.74) is 0. The average molecular weight is 226 g/mol. The zero-order chi connectivity index (χ0) is 11.7. The Bertz CT molecular complexity index is 299. The third-order valence-electron chi connectivity index (χ3n) is 3.80. The lowest BCUT2D eigenvalue weighted by Gasteiger charge is -2.22. The van der Waals surface area contributed by atoms with Crippen molar-refractivity contribution in [2.45, 2.75) is 32.3 Å². The highest BCUT2D eigenvalue weighted by Gasteiger charge is 2.49. The van der Waals surface area contributed by atoms with E-state index in [0.717, 1.165) is 6.42 Å². The first-order chi connectivity index (χ1) is 7.61. The highest BCUT2D eigenvalue weighted by molar-refractivity contribution is 5.81. The molecular formula is C12H18O4. The fraction of sp³-hybridized carbons (Fsp3) is 0.833. The van der Waals surface area contributed by atoms with Crippen LogP contribution in [0, 0.1) is 17.8 Å². The van der Waals surface area contributed by atoms with Crippen molar-refractivity contribution in [3.8, 4) is 0 Å². The van der Waals surface area contributed by atoms with E-state index in [2.05, 4.69) is 0 Å². The van der Waals surface area contributed by atoms with E-state index in [1.54, 1.807) is 7.11 Å². The molecule has 0 aromatic carbocycles. The van der Waals surface area contributed by atoms with E-state index in [1.807, 2.05) is 0 Å². The van der Waals surface area contributed by atoms with Gasteiger partial charge in [-0.2, -0.15) is 0 Å². The number of hydrogen-bond acceptors (Lipinski definition) is 4. The van der Waals surface area contributed by atoms with Crippen LogP contribution in [0.4, 0.5) is 0 Å². The number of methoxy groups -OCH3 is 1. The largest absolute Gasteiger partial charge is 0.462 e. The molecule has 0 aliphatic heterocycles. The first-order valence-corrected chi connectivity index (χ1v) is 5.79. The first-order valence-electron chi connectivity index (χ1n) is 5.79. The van der Waals surface area contributed by atoms with Crippen LogP contribution in [0.15, 0.2) is 0 Å². The Kier molecular flexibility index (Phi) is 3.28. The van der Waals surface area contributed by atoms with Gasteiger partial charge in [0.2, 0.25) is 0 Å². The number of carbonyl (C=O) groups is 2. The van der Waals surface area contributed by atoms with Gasteiger partial charge in [0.1, 0.15) is 11.9 Å². The van der Waals surface area contributed by atoms with Gasteiger partial charge >= 0.3 is 5.97 Å². The number of hydrogen-bond donors (Lipinski definition) is 0. The third-order valence-corrected chi connectivity index (χ3v) is 3.80. The Hall–Kier alpha value is -0.900. The van der Waals surface area contributed by atoms with Gasteiger partial charge in [0.15, 0.2) is 0 Å². The van der Waals surface area contributed by atoms with Gasteiger partial charge in [0.25, 0.3) is 0 Å². The van der Waals surface area contributed by atoms with Gasteiger partial charge < -0.3 is 9.47 Å². The van der Waals surface area contributed by atoms with Crippen LogP contribution in [0.1, 0.15) is 26.2 Å². The van der Waals surface area contributed by atoms with Crippen molar-refractivity contribution in [2.24, 2.45) is 17.8 Å². The molecule has 0 aromatic heterocycles. The number of ketones is 1. The van der Waals surface area contributed by atoms with E-state index in [4.69, 9.17) is 9.47 Å². The molecule has 0 aromatic rings. The van der Waals surface area contributed by atoms with Gasteiger partial charge in [-0.15, -0.1) is 0 Å². The van der Waals surface area contributed by atoms with E-state index in [1.165, 1.54) is 6.92 Å². The SMILES string of the molecule is COC[C@@H]1[C@H]2CC(=O)C[C@H]2C[C@H]1OC(C)=O. The minimum Gasteiger partial charge on any atom is -0.462 e. The second-order valence-electron chi connectivity index (χ2n) is 4.87. The smallest absolute Gasteiger partial charge is 0.302 e. The molecule has 2 saturated carbocycles. The predicted molar refractivity (Wildman–Crippen MR) is 56.8 cm³/mol. The highest BCUT2D eigenvalue weighted by atomic mass is 16.5. The standard InChI is InChI=1S/C12H18O4/c1-7(13)16-12-4-8-3-9(14)5-10(8)11(12)6-15-2/h8,10-12H,3-6H2,1-2H3/t8-,10-,11+,12+/m0/s1. The molecule has 4 heteroatoms. The third kappa shape index (κ3) is 2.12. The average Bonchev–Trinajstić information content (AvgIpc) is 2.65. The summed E-state index contributed by atoms with van der Waals surface area (Å²) in [5, 5.41) is 0. The van der Waals surface area contributed by atoms with Gasteiger partial charge in [0, 0.05) is 32.8 Å². The summed E-state index contributed by atoms with van der Waals surface area (Å²) in [7, 11) is 1.65. The van der Waals surface area contributed by atoms with E-state index in [-0.39, 0.29) is 18.0 Å². The number of esters is 1. The summed E-state index contributed by atoms with van der Waals surface area (Å²) in [5.74, 6) is 1.06. The van der Waals surface area contributed by atoms with Crippen LogP contribution in [-0.4, -0.2) is 31.6 Å². The topological polar surface area (TPSA) is 52.6 Å². The van der Waals surface area contributed by atoms with Crippen molar-refractivity contribution in [1.82, 2.24) is 0 Å². The highest BCUT2D eigenvalue weighted by Crippen LogP contribution is 2.47. The quantitative estimate of drug-likeness (QED) is 0.678. The number of Topliss-reactive ketones (excluding diaryl/α,β-unsaturated/α-hetero) is 1. The molecule has 0 N–H and O–H groups in total. The van der Waals surface area contributed by atoms with Crippen LogP contribution < -0.4 is 0 Å². The van der Waals surface area contributed by atoms with Gasteiger partial charge in [-0.25, -0.2) is 0 Å². The predicted octanol–water partition coefficient (Wildman–Crippen LogP) is 1.18. The van der Waals surface area contributed by atoms with Crippen molar-refractivity contribution in [2.75, 3.05) is 13.7 Å². The Morgan fingerprint density at radius 2 is 2.19 bits per heavy atom. The van der Waals surface area contributed by atoms with E-state index in [9.17, 15) is 9.59 Å². The molecule has 2 fully saturated rings. The Balaban J connectivity index is 2.06. The van der Waals surface area contributed by atoms with Gasteiger partial charge in [-0.3, -0.25) is 9.59 Å². The van der Waals surface area contributed by atoms with Crippen LogP contribution in [0.5, 0.6) is 0 Å². The molecular weight excluding hydrogens is 208 g/mol. The van der Waals surface area contributed by atoms with Crippen LogP contribution in [0.3, 0.4) is 0 Å². The lowest BCUT2D eigenvalue weighted by atomic mass is 9.92. The number of fused-ring (bicyclic) bond motifs is 1. The summed E-state index contributed by atoms with van der Waals surface area (Å²) in [6.45, 7) is 2.01. The maximum Gasteiger partial charge on any atom is 0.302 e. The van der Waals surface area contributed by atoms with Crippen LogP contribution in [0.25, 0.3) is 0 Å². The minimum atomic E-state index is -0.239. The summed E-state index contributed by atoms with van der Waals surface area (Å²) >= 11 is 0. The van der Waals surface area contributed by atoms with Crippen molar-refractivity contribution in [1.29, 1.82) is 0 Å². The zero-order valence-electron chi connectivity index (χ0n) is 9.77. The molecule has 0 bridgehead atoms. The number of rotatable bonds is 3.